The number of rotatable bonds is 3. The van der Waals surface area contributed by atoms with Crippen LogP contribution in [0.5, 0.6) is 0 Å². The van der Waals surface area contributed by atoms with E-state index in [1.165, 1.54) is 12.1 Å². The highest BCUT2D eigenvalue weighted by Crippen LogP contribution is 2.10. The van der Waals surface area contributed by atoms with Crippen molar-refractivity contribution in [2.24, 2.45) is 0 Å². The third-order valence-corrected chi connectivity index (χ3v) is 1.64. The van der Waals surface area contributed by atoms with E-state index in [2.05, 4.69) is 5.32 Å². The molecule has 0 bridgehead atoms. The molecule has 0 amide bonds. The Balaban J connectivity index is 2.98. The average molecular weight is 183 g/mol. The van der Waals surface area contributed by atoms with Crippen LogP contribution in [0.2, 0.25) is 0 Å². The number of carbonyl (C=O) groups is 1. The minimum atomic E-state index is -1.24. The molecule has 0 spiro atoms. The molecular formula is C9H10FNO2. The molecule has 13 heavy (non-hydrogen) atoms. The van der Waals surface area contributed by atoms with Crippen LogP contribution in [0.3, 0.4) is 0 Å². The first-order valence-electron chi connectivity index (χ1n) is 3.81. The first kappa shape index (κ1) is 9.67. The van der Waals surface area contributed by atoms with Gasteiger partial charge in [-0.1, -0.05) is 6.07 Å². The molecule has 0 heterocycles. The zero-order chi connectivity index (χ0) is 9.84. The fourth-order valence-electron chi connectivity index (χ4n) is 1.05. The predicted molar refractivity (Wildman–Crippen MR) is 46.1 cm³/mol. The van der Waals surface area contributed by atoms with Crippen molar-refractivity contribution >= 4 is 5.97 Å². The number of hydrogen-bond acceptors (Lipinski definition) is 2. The van der Waals surface area contributed by atoms with Crippen LogP contribution in [0.1, 0.15) is 15.9 Å². The third kappa shape index (κ3) is 2.26. The Morgan fingerprint density at radius 3 is 2.77 bits per heavy atom. The standard InChI is InChI=1S/C9H10FNO2/c1-11-5-6-2-3-7(9(12)13)8(10)4-6/h2-4,11H,5H2,1H3,(H,12,13). The van der Waals surface area contributed by atoms with Crippen molar-refractivity contribution in [3.8, 4) is 0 Å². The van der Waals surface area contributed by atoms with Crippen molar-refractivity contribution in [3.63, 3.8) is 0 Å². The van der Waals surface area contributed by atoms with Gasteiger partial charge in [-0.3, -0.25) is 0 Å². The van der Waals surface area contributed by atoms with E-state index in [0.717, 1.165) is 5.56 Å². The molecule has 0 atom stereocenters. The van der Waals surface area contributed by atoms with E-state index in [4.69, 9.17) is 5.11 Å². The minimum absolute atomic E-state index is 0.292. The lowest BCUT2D eigenvalue weighted by atomic mass is 10.1. The van der Waals surface area contributed by atoms with Crippen molar-refractivity contribution in [2.45, 2.75) is 6.54 Å². The third-order valence-electron chi connectivity index (χ3n) is 1.64. The summed E-state index contributed by atoms with van der Waals surface area (Å²) in [5.74, 6) is -1.94. The number of carboxylic acid groups (broad SMARTS) is 1. The number of nitrogens with one attached hydrogen (secondary N) is 1. The van der Waals surface area contributed by atoms with Crippen LogP contribution in [-0.2, 0) is 6.54 Å². The molecular weight excluding hydrogens is 173 g/mol. The van der Waals surface area contributed by atoms with Gasteiger partial charge in [0.25, 0.3) is 0 Å². The molecule has 1 aromatic carbocycles. The monoisotopic (exact) mass is 183 g/mol. The zero-order valence-corrected chi connectivity index (χ0v) is 7.17. The Morgan fingerprint density at radius 2 is 2.31 bits per heavy atom. The second-order valence-corrected chi connectivity index (χ2v) is 2.65. The van der Waals surface area contributed by atoms with Gasteiger partial charge in [-0.2, -0.15) is 0 Å². The van der Waals surface area contributed by atoms with Crippen molar-refractivity contribution < 1.29 is 14.3 Å². The topological polar surface area (TPSA) is 49.3 Å². The van der Waals surface area contributed by atoms with E-state index < -0.39 is 11.8 Å². The number of carboxylic acids is 1. The van der Waals surface area contributed by atoms with Crippen LogP contribution in [0.15, 0.2) is 18.2 Å². The Labute approximate surface area is 75.2 Å². The molecule has 0 aliphatic carbocycles. The Bertz CT molecular complexity index is 325. The van der Waals surface area contributed by atoms with Crippen LogP contribution >= 0.6 is 0 Å². The summed E-state index contributed by atoms with van der Waals surface area (Å²) in [6.45, 7) is 0.525. The number of hydrogen-bond donors (Lipinski definition) is 2. The van der Waals surface area contributed by atoms with Gasteiger partial charge in [0, 0.05) is 6.54 Å². The van der Waals surface area contributed by atoms with Gasteiger partial charge < -0.3 is 10.4 Å². The fourth-order valence-corrected chi connectivity index (χ4v) is 1.05. The Kier molecular flexibility index (Phi) is 2.97. The zero-order valence-electron chi connectivity index (χ0n) is 7.17. The van der Waals surface area contributed by atoms with Gasteiger partial charge in [-0.05, 0) is 24.7 Å². The highest BCUT2D eigenvalue weighted by atomic mass is 19.1. The van der Waals surface area contributed by atoms with Crippen molar-refractivity contribution in [2.75, 3.05) is 7.05 Å². The SMILES string of the molecule is CNCc1ccc(C(=O)O)c(F)c1. The molecule has 1 aromatic rings. The molecule has 0 saturated heterocycles. The van der Waals surface area contributed by atoms with E-state index in [0.29, 0.717) is 6.54 Å². The normalized spacial score (nSPS) is 10.0. The molecule has 2 N–H and O–H groups in total. The summed E-state index contributed by atoms with van der Waals surface area (Å²) in [6.07, 6.45) is 0. The van der Waals surface area contributed by atoms with Crippen molar-refractivity contribution in [1.29, 1.82) is 0 Å². The molecule has 0 aliphatic heterocycles. The molecule has 1 rings (SSSR count). The lowest BCUT2D eigenvalue weighted by molar-refractivity contribution is 0.0692. The van der Waals surface area contributed by atoms with Gasteiger partial charge in [0.15, 0.2) is 0 Å². The molecule has 0 radical (unpaired) electrons. The lowest BCUT2D eigenvalue weighted by Gasteiger charge is -2.01. The number of halogens is 1. The highest BCUT2D eigenvalue weighted by Gasteiger charge is 2.09. The summed E-state index contributed by atoms with van der Waals surface area (Å²) in [5, 5.41) is 11.4. The van der Waals surface area contributed by atoms with Crippen molar-refractivity contribution in [1.82, 2.24) is 5.32 Å². The Morgan fingerprint density at radius 1 is 1.62 bits per heavy atom. The first-order valence-corrected chi connectivity index (χ1v) is 3.81. The summed E-state index contributed by atoms with van der Waals surface area (Å²) < 4.78 is 13.0. The average Bonchev–Trinajstić information content (AvgIpc) is 2.04. The van der Waals surface area contributed by atoms with Crippen LogP contribution in [0.25, 0.3) is 0 Å². The van der Waals surface area contributed by atoms with Gasteiger partial charge in [-0.25, -0.2) is 9.18 Å². The summed E-state index contributed by atoms with van der Waals surface area (Å²) in [4.78, 5) is 10.4. The lowest BCUT2D eigenvalue weighted by Crippen LogP contribution is -2.07. The van der Waals surface area contributed by atoms with Gasteiger partial charge in [0.2, 0.25) is 0 Å². The van der Waals surface area contributed by atoms with Crippen LogP contribution in [0, 0.1) is 5.82 Å². The minimum Gasteiger partial charge on any atom is -0.478 e. The molecule has 70 valence electrons. The van der Waals surface area contributed by atoms with Crippen LogP contribution in [0.4, 0.5) is 4.39 Å². The second-order valence-electron chi connectivity index (χ2n) is 2.65. The maximum atomic E-state index is 13.0. The van der Waals surface area contributed by atoms with Gasteiger partial charge in [-0.15, -0.1) is 0 Å². The molecule has 0 aliphatic rings. The summed E-state index contributed by atoms with van der Waals surface area (Å²) in [7, 11) is 1.74. The van der Waals surface area contributed by atoms with E-state index >= 15 is 0 Å². The van der Waals surface area contributed by atoms with Crippen molar-refractivity contribution in [3.05, 3.63) is 35.1 Å². The van der Waals surface area contributed by atoms with Crippen LogP contribution < -0.4 is 5.32 Å². The van der Waals surface area contributed by atoms with Gasteiger partial charge in [0.1, 0.15) is 5.82 Å². The van der Waals surface area contributed by atoms with Crippen LogP contribution in [-0.4, -0.2) is 18.1 Å². The summed E-state index contributed by atoms with van der Waals surface area (Å²) in [5.41, 5.74) is 0.435. The summed E-state index contributed by atoms with van der Waals surface area (Å²) >= 11 is 0. The maximum Gasteiger partial charge on any atom is 0.338 e. The quantitative estimate of drug-likeness (QED) is 0.741. The smallest absolute Gasteiger partial charge is 0.338 e. The molecule has 0 aromatic heterocycles. The highest BCUT2D eigenvalue weighted by molar-refractivity contribution is 5.87. The van der Waals surface area contributed by atoms with Gasteiger partial charge >= 0.3 is 5.97 Å². The second kappa shape index (κ2) is 4.00. The fraction of sp³-hybridized carbons (Fsp3) is 0.222. The van der Waals surface area contributed by atoms with E-state index in [9.17, 15) is 9.18 Å². The van der Waals surface area contributed by atoms with E-state index in [1.54, 1.807) is 13.1 Å². The van der Waals surface area contributed by atoms with E-state index in [1.807, 2.05) is 0 Å². The van der Waals surface area contributed by atoms with E-state index in [-0.39, 0.29) is 5.56 Å². The van der Waals surface area contributed by atoms with Gasteiger partial charge in [0.05, 0.1) is 5.56 Å². The molecule has 3 nitrogen and oxygen atoms in total. The largest absolute Gasteiger partial charge is 0.478 e. The predicted octanol–water partition coefficient (Wildman–Crippen LogP) is 1.24. The molecule has 0 saturated carbocycles. The number of aromatic carboxylic acids is 1. The summed E-state index contributed by atoms with van der Waals surface area (Å²) in [6, 6.07) is 4.08. The maximum absolute atomic E-state index is 13.0. The molecule has 0 fully saturated rings. The first-order chi connectivity index (χ1) is 6.15. The molecule has 0 unspecified atom stereocenters. The molecule has 4 heteroatoms. The Hall–Kier alpha value is -1.42. The number of benzene rings is 1.